The van der Waals surface area contributed by atoms with Crippen molar-refractivity contribution in [3.63, 3.8) is 0 Å². The zero-order valence-corrected chi connectivity index (χ0v) is 13.8. The molecule has 126 valence electrons. The van der Waals surface area contributed by atoms with Gasteiger partial charge in [0.1, 0.15) is 6.10 Å². The molecule has 8 heteroatoms. The van der Waals surface area contributed by atoms with E-state index in [4.69, 9.17) is 4.74 Å². The Balaban J connectivity index is 1.60. The average molecular weight is 346 g/mol. The standard InChI is InChI=1S/C16H18N4O3S/c21-15(23-12-9-5-2-6-10-12)13-14(24-20-19-13)18-16(22)17-11-7-3-1-4-8-11/h1,3-4,7-8,12H,2,5-6,9-10H2,(H2,17,18,22). The number of hydrogen-bond donors (Lipinski definition) is 2. The molecular formula is C16H18N4O3S. The highest BCUT2D eigenvalue weighted by atomic mass is 32.1. The van der Waals surface area contributed by atoms with Crippen molar-refractivity contribution in [2.24, 2.45) is 0 Å². The second-order valence-corrected chi connectivity index (χ2v) is 6.32. The number of ether oxygens (including phenoxy) is 1. The number of nitrogens with one attached hydrogen (secondary N) is 2. The smallest absolute Gasteiger partial charge is 0.362 e. The summed E-state index contributed by atoms with van der Waals surface area (Å²) in [4.78, 5) is 24.3. The maximum atomic E-state index is 12.2. The minimum atomic E-state index is -0.536. The van der Waals surface area contributed by atoms with E-state index in [2.05, 4.69) is 20.2 Å². The summed E-state index contributed by atoms with van der Waals surface area (Å²) in [5.74, 6) is -0.536. The summed E-state index contributed by atoms with van der Waals surface area (Å²) in [5, 5.41) is 9.35. The van der Waals surface area contributed by atoms with Crippen LogP contribution in [0.5, 0.6) is 0 Å². The van der Waals surface area contributed by atoms with Gasteiger partial charge in [-0.2, -0.15) is 0 Å². The highest BCUT2D eigenvalue weighted by Gasteiger charge is 2.24. The number of urea groups is 1. The fourth-order valence-corrected chi connectivity index (χ4v) is 3.14. The van der Waals surface area contributed by atoms with E-state index >= 15 is 0 Å². The third kappa shape index (κ3) is 4.29. The first-order chi connectivity index (χ1) is 11.7. The molecule has 3 rings (SSSR count). The van der Waals surface area contributed by atoms with Crippen molar-refractivity contribution in [3.05, 3.63) is 36.0 Å². The van der Waals surface area contributed by atoms with Gasteiger partial charge >= 0.3 is 12.0 Å². The van der Waals surface area contributed by atoms with Crippen LogP contribution in [0.15, 0.2) is 30.3 Å². The van der Waals surface area contributed by atoms with E-state index in [0.29, 0.717) is 5.69 Å². The van der Waals surface area contributed by atoms with Gasteiger partial charge in [-0.15, -0.1) is 5.10 Å². The van der Waals surface area contributed by atoms with E-state index in [1.807, 2.05) is 18.2 Å². The summed E-state index contributed by atoms with van der Waals surface area (Å²) in [5.41, 5.74) is 0.701. The van der Waals surface area contributed by atoms with E-state index in [1.165, 1.54) is 6.42 Å². The highest BCUT2D eigenvalue weighted by molar-refractivity contribution is 7.10. The Morgan fingerprint density at radius 3 is 2.58 bits per heavy atom. The van der Waals surface area contributed by atoms with Gasteiger partial charge in [-0.1, -0.05) is 29.1 Å². The number of aromatic nitrogens is 2. The minimum Gasteiger partial charge on any atom is -0.458 e. The van der Waals surface area contributed by atoms with E-state index in [9.17, 15) is 9.59 Å². The number of para-hydroxylation sites is 1. The minimum absolute atomic E-state index is 0.0498. The van der Waals surface area contributed by atoms with Crippen molar-refractivity contribution in [2.45, 2.75) is 38.2 Å². The third-order valence-electron chi connectivity index (χ3n) is 3.77. The molecule has 0 aliphatic heterocycles. The number of rotatable bonds is 4. The second-order valence-electron chi connectivity index (χ2n) is 5.56. The normalized spacial score (nSPS) is 14.8. The van der Waals surface area contributed by atoms with Crippen LogP contribution in [-0.4, -0.2) is 27.7 Å². The Hall–Kier alpha value is -2.48. The largest absolute Gasteiger partial charge is 0.458 e. The van der Waals surface area contributed by atoms with E-state index in [0.717, 1.165) is 37.2 Å². The lowest BCUT2D eigenvalue weighted by atomic mass is 9.98. The molecule has 1 aromatic carbocycles. The summed E-state index contributed by atoms with van der Waals surface area (Å²) >= 11 is 0.945. The van der Waals surface area contributed by atoms with Crippen LogP contribution < -0.4 is 10.6 Å². The fourth-order valence-electron chi connectivity index (χ4n) is 2.58. The van der Waals surface area contributed by atoms with Crippen molar-refractivity contribution in [1.82, 2.24) is 9.59 Å². The van der Waals surface area contributed by atoms with Gasteiger partial charge in [0.15, 0.2) is 5.00 Å². The van der Waals surface area contributed by atoms with Crippen molar-refractivity contribution < 1.29 is 14.3 Å². The molecule has 2 N–H and O–H groups in total. The molecule has 1 fully saturated rings. The quantitative estimate of drug-likeness (QED) is 0.824. The number of esters is 1. The van der Waals surface area contributed by atoms with Gasteiger partial charge in [0, 0.05) is 17.2 Å². The third-order valence-corrected chi connectivity index (χ3v) is 4.41. The molecule has 1 aliphatic rings. The zero-order valence-electron chi connectivity index (χ0n) is 13.0. The number of nitrogens with zero attached hydrogens (tertiary/aromatic N) is 2. The van der Waals surface area contributed by atoms with Gasteiger partial charge in [0.25, 0.3) is 0 Å². The molecule has 0 bridgehead atoms. The highest BCUT2D eigenvalue weighted by Crippen LogP contribution is 2.24. The van der Waals surface area contributed by atoms with Crippen LogP contribution in [0.2, 0.25) is 0 Å². The lowest BCUT2D eigenvalue weighted by Crippen LogP contribution is -2.23. The predicted molar refractivity (Wildman–Crippen MR) is 91.3 cm³/mol. The Morgan fingerprint density at radius 1 is 1.08 bits per heavy atom. The summed E-state index contributed by atoms with van der Waals surface area (Å²) < 4.78 is 9.21. The Morgan fingerprint density at radius 2 is 1.83 bits per heavy atom. The Bertz CT molecular complexity index is 698. The molecule has 0 saturated heterocycles. The van der Waals surface area contributed by atoms with E-state index in [1.54, 1.807) is 12.1 Å². The van der Waals surface area contributed by atoms with Gasteiger partial charge in [0.2, 0.25) is 5.69 Å². The number of carbonyl (C=O) groups is 2. The lowest BCUT2D eigenvalue weighted by Gasteiger charge is -2.21. The number of benzene rings is 1. The Labute approximate surface area is 143 Å². The molecule has 1 aromatic heterocycles. The molecule has 0 unspecified atom stereocenters. The van der Waals surface area contributed by atoms with Gasteiger partial charge in [-0.25, -0.2) is 9.59 Å². The Kier molecular flexibility index (Phi) is 5.37. The predicted octanol–water partition coefficient (Wildman–Crippen LogP) is 3.67. The van der Waals surface area contributed by atoms with Crippen LogP contribution in [0.4, 0.5) is 15.5 Å². The van der Waals surface area contributed by atoms with Gasteiger partial charge in [-0.3, -0.25) is 5.32 Å². The van der Waals surface area contributed by atoms with E-state index < -0.39 is 12.0 Å². The van der Waals surface area contributed by atoms with Crippen LogP contribution in [-0.2, 0) is 4.74 Å². The van der Waals surface area contributed by atoms with Gasteiger partial charge in [0.05, 0.1) is 0 Å². The SMILES string of the molecule is O=C(Nc1ccccc1)Nc1snnc1C(=O)OC1CCCCC1. The maximum Gasteiger partial charge on any atom is 0.362 e. The molecule has 2 amide bonds. The van der Waals surface area contributed by atoms with Crippen molar-refractivity contribution in [3.8, 4) is 0 Å². The van der Waals surface area contributed by atoms with Crippen LogP contribution in [0.3, 0.4) is 0 Å². The van der Waals surface area contributed by atoms with Crippen molar-refractivity contribution >= 4 is 34.2 Å². The van der Waals surface area contributed by atoms with Gasteiger partial charge < -0.3 is 10.1 Å². The summed E-state index contributed by atoms with van der Waals surface area (Å²) in [7, 11) is 0. The fraction of sp³-hybridized carbons (Fsp3) is 0.375. The molecule has 24 heavy (non-hydrogen) atoms. The molecule has 0 radical (unpaired) electrons. The molecule has 0 spiro atoms. The molecule has 0 atom stereocenters. The van der Waals surface area contributed by atoms with Crippen LogP contribution in [0, 0.1) is 0 Å². The number of carbonyl (C=O) groups excluding carboxylic acids is 2. The summed E-state index contributed by atoms with van der Waals surface area (Å²) in [6.45, 7) is 0. The molecule has 2 aromatic rings. The first-order valence-corrected chi connectivity index (χ1v) is 8.66. The average Bonchev–Trinajstić information content (AvgIpc) is 3.04. The van der Waals surface area contributed by atoms with Crippen LogP contribution >= 0.6 is 11.5 Å². The molecule has 1 heterocycles. The maximum absolute atomic E-state index is 12.2. The molecule has 7 nitrogen and oxygen atoms in total. The molecular weight excluding hydrogens is 328 g/mol. The number of anilines is 2. The molecule has 1 aliphatic carbocycles. The van der Waals surface area contributed by atoms with Crippen LogP contribution in [0.25, 0.3) is 0 Å². The molecule has 1 saturated carbocycles. The number of hydrogen-bond acceptors (Lipinski definition) is 6. The van der Waals surface area contributed by atoms with Crippen molar-refractivity contribution in [2.75, 3.05) is 10.6 Å². The summed E-state index contributed by atoms with van der Waals surface area (Å²) in [6, 6.07) is 8.56. The first kappa shape index (κ1) is 16.4. The summed E-state index contributed by atoms with van der Waals surface area (Å²) in [6.07, 6.45) is 4.99. The number of amides is 2. The first-order valence-electron chi connectivity index (χ1n) is 7.89. The van der Waals surface area contributed by atoms with Crippen molar-refractivity contribution in [1.29, 1.82) is 0 Å². The monoisotopic (exact) mass is 346 g/mol. The van der Waals surface area contributed by atoms with Crippen LogP contribution in [0.1, 0.15) is 42.6 Å². The topological polar surface area (TPSA) is 93.2 Å². The van der Waals surface area contributed by atoms with Gasteiger partial charge in [-0.05, 0) is 37.8 Å². The zero-order chi connectivity index (χ0) is 16.8. The van der Waals surface area contributed by atoms with E-state index in [-0.39, 0.29) is 16.8 Å². The lowest BCUT2D eigenvalue weighted by molar-refractivity contribution is 0.0205. The second kappa shape index (κ2) is 7.87.